The van der Waals surface area contributed by atoms with Crippen LogP contribution in [0.4, 0.5) is 0 Å². The number of aromatic nitrogens is 3. The Labute approximate surface area is 120 Å². The molecular formula is C15H22N4O. The number of methoxy groups -OCH3 is 1. The number of ether oxygens (including phenoxy) is 1. The highest BCUT2D eigenvalue weighted by molar-refractivity contribution is 5.41. The third-order valence-corrected chi connectivity index (χ3v) is 3.54. The Morgan fingerprint density at radius 3 is 2.55 bits per heavy atom. The van der Waals surface area contributed by atoms with Crippen molar-refractivity contribution in [1.82, 2.24) is 20.1 Å². The summed E-state index contributed by atoms with van der Waals surface area (Å²) in [7, 11) is 3.79. The lowest BCUT2D eigenvalue weighted by atomic mass is 10.1. The van der Waals surface area contributed by atoms with E-state index in [1.54, 1.807) is 7.11 Å². The minimum Gasteiger partial charge on any atom is -0.496 e. The predicted molar refractivity (Wildman–Crippen MR) is 78.8 cm³/mol. The number of aromatic amines is 1. The molecule has 0 spiro atoms. The van der Waals surface area contributed by atoms with Crippen LogP contribution in [-0.2, 0) is 13.1 Å². The van der Waals surface area contributed by atoms with E-state index in [9.17, 15) is 0 Å². The predicted octanol–water partition coefficient (Wildman–Crippen LogP) is 2.37. The molecule has 0 aliphatic heterocycles. The van der Waals surface area contributed by atoms with E-state index in [1.165, 1.54) is 5.56 Å². The van der Waals surface area contributed by atoms with Crippen molar-refractivity contribution in [2.75, 3.05) is 14.2 Å². The van der Waals surface area contributed by atoms with Gasteiger partial charge in [-0.1, -0.05) is 0 Å². The molecule has 0 aliphatic carbocycles. The van der Waals surface area contributed by atoms with Gasteiger partial charge in [0.1, 0.15) is 5.75 Å². The fourth-order valence-electron chi connectivity index (χ4n) is 2.37. The lowest BCUT2D eigenvalue weighted by molar-refractivity contribution is 0.312. The Hall–Kier alpha value is -1.88. The van der Waals surface area contributed by atoms with Crippen molar-refractivity contribution in [2.45, 2.75) is 33.9 Å². The second-order valence-electron chi connectivity index (χ2n) is 5.24. The molecule has 108 valence electrons. The molecule has 2 heterocycles. The van der Waals surface area contributed by atoms with E-state index < -0.39 is 0 Å². The van der Waals surface area contributed by atoms with Gasteiger partial charge in [-0.3, -0.25) is 15.0 Å². The van der Waals surface area contributed by atoms with Gasteiger partial charge in [-0.15, -0.1) is 0 Å². The number of hydrogen-bond donors (Lipinski definition) is 1. The number of pyridine rings is 1. The lowest BCUT2D eigenvalue weighted by Crippen LogP contribution is -2.19. The summed E-state index contributed by atoms with van der Waals surface area (Å²) in [5.74, 6) is 0.933. The molecule has 5 nitrogen and oxygen atoms in total. The molecule has 0 aliphatic rings. The summed E-state index contributed by atoms with van der Waals surface area (Å²) in [5, 5.41) is 7.01. The number of H-pyrrole nitrogens is 1. The van der Waals surface area contributed by atoms with Crippen molar-refractivity contribution in [2.24, 2.45) is 0 Å². The first-order valence-corrected chi connectivity index (χ1v) is 6.69. The van der Waals surface area contributed by atoms with Crippen LogP contribution in [0.25, 0.3) is 0 Å². The van der Waals surface area contributed by atoms with Crippen molar-refractivity contribution >= 4 is 0 Å². The van der Waals surface area contributed by atoms with Crippen LogP contribution in [-0.4, -0.2) is 34.2 Å². The molecule has 0 amide bonds. The molecule has 0 saturated carbocycles. The van der Waals surface area contributed by atoms with Gasteiger partial charge < -0.3 is 4.74 Å². The zero-order valence-electron chi connectivity index (χ0n) is 12.8. The molecule has 0 fully saturated rings. The van der Waals surface area contributed by atoms with Crippen molar-refractivity contribution in [1.29, 1.82) is 0 Å². The van der Waals surface area contributed by atoms with E-state index in [2.05, 4.69) is 34.1 Å². The average Bonchev–Trinajstić information content (AvgIpc) is 2.79. The molecule has 0 aromatic carbocycles. The zero-order chi connectivity index (χ0) is 14.7. The smallest absolute Gasteiger partial charge is 0.128 e. The fraction of sp³-hybridized carbons (Fsp3) is 0.467. The maximum atomic E-state index is 5.45. The molecule has 2 rings (SSSR count). The average molecular weight is 274 g/mol. The maximum Gasteiger partial charge on any atom is 0.128 e. The number of rotatable bonds is 5. The van der Waals surface area contributed by atoms with E-state index >= 15 is 0 Å². The van der Waals surface area contributed by atoms with Crippen molar-refractivity contribution in [3.63, 3.8) is 0 Å². The number of aryl methyl sites for hydroxylation is 2. The van der Waals surface area contributed by atoms with Gasteiger partial charge >= 0.3 is 0 Å². The first kappa shape index (κ1) is 14.5. The molecule has 0 radical (unpaired) electrons. The third kappa shape index (κ3) is 2.99. The van der Waals surface area contributed by atoms with E-state index in [-0.39, 0.29) is 0 Å². The topological polar surface area (TPSA) is 54.0 Å². The first-order valence-electron chi connectivity index (χ1n) is 6.69. The van der Waals surface area contributed by atoms with Crippen LogP contribution in [0.1, 0.15) is 28.1 Å². The Balaban J connectivity index is 2.12. The molecule has 0 saturated heterocycles. The standard InChI is InChI=1S/C15H22N4O/c1-10-6-16-14(11(2)15(10)20-5)9-19(4)8-13-7-17-18-12(13)3/h6-7H,8-9H2,1-5H3,(H,17,18). The number of hydrogen-bond acceptors (Lipinski definition) is 4. The van der Waals surface area contributed by atoms with Crippen LogP contribution in [0, 0.1) is 20.8 Å². The molecule has 0 atom stereocenters. The van der Waals surface area contributed by atoms with E-state index in [0.717, 1.165) is 41.4 Å². The monoisotopic (exact) mass is 274 g/mol. The summed E-state index contributed by atoms with van der Waals surface area (Å²) in [6, 6.07) is 0. The maximum absolute atomic E-state index is 5.45. The third-order valence-electron chi connectivity index (χ3n) is 3.54. The summed E-state index contributed by atoms with van der Waals surface area (Å²) in [4.78, 5) is 6.76. The molecule has 5 heteroatoms. The van der Waals surface area contributed by atoms with Crippen LogP contribution >= 0.6 is 0 Å². The minimum absolute atomic E-state index is 0.785. The van der Waals surface area contributed by atoms with E-state index in [4.69, 9.17) is 4.74 Å². The lowest BCUT2D eigenvalue weighted by Gasteiger charge is -2.18. The van der Waals surface area contributed by atoms with Crippen LogP contribution in [0.3, 0.4) is 0 Å². The van der Waals surface area contributed by atoms with Crippen molar-refractivity contribution in [3.05, 3.63) is 40.5 Å². The van der Waals surface area contributed by atoms with Gasteiger partial charge in [0.05, 0.1) is 19.0 Å². The zero-order valence-corrected chi connectivity index (χ0v) is 12.8. The normalized spacial score (nSPS) is 11.1. The SMILES string of the molecule is COc1c(C)cnc(CN(C)Cc2cn[nH]c2C)c1C. The summed E-state index contributed by atoms with van der Waals surface area (Å²) in [6.45, 7) is 7.74. The van der Waals surface area contributed by atoms with Gasteiger partial charge in [-0.05, 0) is 27.8 Å². The van der Waals surface area contributed by atoms with Crippen molar-refractivity contribution < 1.29 is 4.74 Å². The van der Waals surface area contributed by atoms with Gasteiger partial charge in [-0.2, -0.15) is 5.10 Å². The Kier molecular flexibility index (Phi) is 4.39. The molecule has 0 unspecified atom stereocenters. The summed E-state index contributed by atoms with van der Waals surface area (Å²) in [6.07, 6.45) is 3.75. The van der Waals surface area contributed by atoms with Crippen molar-refractivity contribution in [3.8, 4) is 5.75 Å². The summed E-state index contributed by atoms with van der Waals surface area (Å²) in [5.41, 5.74) is 5.56. The highest BCUT2D eigenvalue weighted by Gasteiger charge is 2.12. The Morgan fingerprint density at radius 2 is 1.95 bits per heavy atom. The van der Waals surface area contributed by atoms with Crippen LogP contribution in [0.15, 0.2) is 12.4 Å². The van der Waals surface area contributed by atoms with Gasteiger partial charge in [-0.25, -0.2) is 0 Å². The Bertz CT molecular complexity index is 592. The fourth-order valence-corrected chi connectivity index (χ4v) is 2.37. The molecule has 1 N–H and O–H groups in total. The highest BCUT2D eigenvalue weighted by Crippen LogP contribution is 2.24. The molecule has 2 aromatic rings. The quantitative estimate of drug-likeness (QED) is 0.909. The van der Waals surface area contributed by atoms with E-state index in [0.29, 0.717) is 0 Å². The first-order chi connectivity index (χ1) is 9.52. The molecule has 0 bridgehead atoms. The van der Waals surface area contributed by atoms with Gasteiger partial charge in [0, 0.05) is 41.7 Å². The largest absolute Gasteiger partial charge is 0.496 e. The van der Waals surface area contributed by atoms with Crippen LogP contribution in [0.2, 0.25) is 0 Å². The van der Waals surface area contributed by atoms with Gasteiger partial charge in [0.2, 0.25) is 0 Å². The number of nitrogens with zero attached hydrogens (tertiary/aromatic N) is 3. The number of nitrogens with one attached hydrogen (secondary N) is 1. The van der Waals surface area contributed by atoms with Gasteiger partial charge in [0.25, 0.3) is 0 Å². The molecule has 2 aromatic heterocycles. The van der Waals surface area contributed by atoms with Gasteiger partial charge in [0.15, 0.2) is 0 Å². The second-order valence-corrected chi connectivity index (χ2v) is 5.24. The second kappa shape index (κ2) is 6.05. The summed E-state index contributed by atoms with van der Waals surface area (Å²) < 4.78 is 5.45. The summed E-state index contributed by atoms with van der Waals surface area (Å²) >= 11 is 0. The van der Waals surface area contributed by atoms with Crippen LogP contribution in [0.5, 0.6) is 5.75 Å². The minimum atomic E-state index is 0.785. The van der Waals surface area contributed by atoms with Crippen LogP contribution < -0.4 is 4.74 Å². The highest BCUT2D eigenvalue weighted by atomic mass is 16.5. The molecular weight excluding hydrogens is 252 g/mol. The Morgan fingerprint density at radius 1 is 1.20 bits per heavy atom. The molecule has 20 heavy (non-hydrogen) atoms. The van der Waals surface area contributed by atoms with E-state index in [1.807, 2.05) is 26.2 Å².